The van der Waals surface area contributed by atoms with Gasteiger partial charge in [0, 0.05) is 12.5 Å². The van der Waals surface area contributed by atoms with E-state index in [1.807, 2.05) is 4.68 Å². The van der Waals surface area contributed by atoms with Gasteiger partial charge >= 0.3 is 0 Å². The maximum absolute atomic E-state index is 14.1. The van der Waals surface area contributed by atoms with E-state index in [0.29, 0.717) is 28.7 Å². The van der Waals surface area contributed by atoms with E-state index >= 15 is 0 Å². The molecule has 2 aromatic rings. The van der Waals surface area contributed by atoms with Crippen LogP contribution in [-0.4, -0.2) is 22.3 Å². The maximum Gasteiger partial charge on any atom is 0.255 e. The Labute approximate surface area is 146 Å². The molecule has 6 heteroatoms. The molecule has 2 aliphatic rings. The molecule has 1 aliphatic heterocycles. The minimum Gasteiger partial charge on any atom is -0.491 e. The van der Waals surface area contributed by atoms with Crippen molar-refractivity contribution in [2.24, 2.45) is 5.92 Å². The number of hydrogen-bond acceptors (Lipinski definition) is 3. The van der Waals surface area contributed by atoms with Gasteiger partial charge in [0.2, 0.25) is 0 Å². The largest absolute Gasteiger partial charge is 0.491 e. The first-order chi connectivity index (χ1) is 12.0. The molecule has 1 fully saturated rings. The first-order valence-corrected chi connectivity index (χ1v) is 8.82. The lowest BCUT2D eigenvalue weighted by atomic mass is 10.1. The second-order valence-electron chi connectivity index (χ2n) is 7.28. The summed E-state index contributed by atoms with van der Waals surface area (Å²) in [5, 5.41) is 7.35. The number of fused-ring (bicyclic) bond motifs is 1. The van der Waals surface area contributed by atoms with E-state index in [2.05, 4.69) is 24.3 Å². The molecule has 0 radical (unpaired) electrons. The zero-order valence-corrected chi connectivity index (χ0v) is 14.5. The molecule has 5 nitrogen and oxygen atoms in total. The third-order valence-electron chi connectivity index (χ3n) is 4.70. The van der Waals surface area contributed by atoms with Gasteiger partial charge in [-0.3, -0.25) is 9.48 Å². The molecule has 2 heterocycles. The van der Waals surface area contributed by atoms with Gasteiger partial charge in [-0.1, -0.05) is 19.9 Å². The van der Waals surface area contributed by atoms with E-state index in [1.165, 1.54) is 6.07 Å². The van der Waals surface area contributed by atoms with Crippen LogP contribution in [0.5, 0.6) is 5.75 Å². The number of nitrogens with one attached hydrogen (secondary N) is 1. The fourth-order valence-electron chi connectivity index (χ4n) is 3.44. The molecule has 1 amide bonds. The summed E-state index contributed by atoms with van der Waals surface area (Å²) in [6.45, 7) is 5.31. The Morgan fingerprint density at radius 2 is 2.24 bits per heavy atom. The van der Waals surface area contributed by atoms with E-state index in [0.717, 1.165) is 25.1 Å². The molecule has 25 heavy (non-hydrogen) atoms. The highest BCUT2D eigenvalue weighted by Gasteiger charge is 2.34. The predicted molar refractivity (Wildman–Crippen MR) is 91.1 cm³/mol. The first kappa shape index (κ1) is 16.1. The number of halogens is 1. The number of amides is 1. The smallest absolute Gasteiger partial charge is 0.255 e. The monoisotopic (exact) mass is 343 g/mol. The normalized spacial score (nSPS) is 19.0. The fraction of sp³-hybridized carbons (Fsp3) is 0.474. The molecule has 132 valence electrons. The molecule has 1 aliphatic carbocycles. The van der Waals surface area contributed by atoms with Crippen LogP contribution < -0.4 is 10.1 Å². The molecular formula is C19H22FN3O2. The van der Waals surface area contributed by atoms with Gasteiger partial charge in [-0.05, 0) is 30.9 Å². The highest BCUT2D eigenvalue weighted by Crippen LogP contribution is 2.42. The summed E-state index contributed by atoms with van der Waals surface area (Å²) in [7, 11) is 0. The number of hydrogen-bond donors (Lipinski definition) is 1. The van der Waals surface area contributed by atoms with Gasteiger partial charge in [0.25, 0.3) is 5.91 Å². The lowest BCUT2D eigenvalue weighted by molar-refractivity contribution is 0.0928. The van der Waals surface area contributed by atoms with Crippen molar-refractivity contribution in [2.45, 2.75) is 45.2 Å². The molecule has 0 unspecified atom stereocenters. The van der Waals surface area contributed by atoms with Crippen molar-refractivity contribution >= 4 is 5.91 Å². The van der Waals surface area contributed by atoms with Crippen LogP contribution in [0.25, 0.3) is 0 Å². The first-order valence-electron chi connectivity index (χ1n) is 8.82. The van der Waals surface area contributed by atoms with Gasteiger partial charge in [-0.25, -0.2) is 4.39 Å². The number of benzene rings is 1. The van der Waals surface area contributed by atoms with Crippen LogP contribution in [0.4, 0.5) is 4.39 Å². The van der Waals surface area contributed by atoms with Crippen LogP contribution in [0.2, 0.25) is 0 Å². The van der Waals surface area contributed by atoms with E-state index in [1.54, 1.807) is 18.3 Å². The van der Waals surface area contributed by atoms with Gasteiger partial charge < -0.3 is 10.1 Å². The minimum absolute atomic E-state index is 0.207. The average Bonchev–Trinajstić information content (AvgIpc) is 3.19. The average molecular weight is 343 g/mol. The summed E-state index contributed by atoms with van der Waals surface area (Å²) in [6, 6.07) is 4.26. The van der Waals surface area contributed by atoms with Crippen LogP contribution in [-0.2, 0) is 6.54 Å². The van der Waals surface area contributed by atoms with Crippen molar-refractivity contribution in [3.8, 4) is 5.75 Å². The highest BCUT2D eigenvalue weighted by atomic mass is 19.1. The topological polar surface area (TPSA) is 56.2 Å². The van der Waals surface area contributed by atoms with Crippen LogP contribution in [0.3, 0.4) is 0 Å². The van der Waals surface area contributed by atoms with Crippen molar-refractivity contribution in [2.75, 3.05) is 6.61 Å². The summed E-state index contributed by atoms with van der Waals surface area (Å²) in [4.78, 5) is 12.8. The number of carbonyl (C=O) groups is 1. The van der Waals surface area contributed by atoms with E-state index in [9.17, 15) is 9.18 Å². The SMILES string of the molecule is CC(C)Cn1ncc(C(=O)N[C@H]2COc3cccc(F)c32)c1C1CC1. The van der Waals surface area contributed by atoms with E-state index in [4.69, 9.17) is 4.74 Å². The quantitative estimate of drug-likeness (QED) is 0.905. The molecule has 0 spiro atoms. The van der Waals surface area contributed by atoms with Gasteiger partial charge in [0.05, 0.1) is 29.1 Å². The third-order valence-corrected chi connectivity index (χ3v) is 4.70. The van der Waals surface area contributed by atoms with Gasteiger partial charge in [0.15, 0.2) is 0 Å². The van der Waals surface area contributed by atoms with Gasteiger partial charge in [0.1, 0.15) is 18.2 Å². The lowest BCUT2D eigenvalue weighted by Gasteiger charge is -2.14. The molecule has 1 N–H and O–H groups in total. The van der Waals surface area contributed by atoms with Crippen molar-refractivity contribution in [1.82, 2.24) is 15.1 Å². The molecular weight excluding hydrogens is 321 g/mol. The van der Waals surface area contributed by atoms with Crippen molar-refractivity contribution in [3.05, 3.63) is 47.0 Å². The van der Waals surface area contributed by atoms with Gasteiger partial charge in [-0.15, -0.1) is 0 Å². The molecule has 1 aromatic heterocycles. The second-order valence-corrected chi connectivity index (χ2v) is 7.28. The van der Waals surface area contributed by atoms with Crippen molar-refractivity contribution in [1.29, 1.82) is 0 Å². The van der Waals surface area contributed by atoms with E-state index in [-0.39, 0.29) is 18.3 Å². The summed E-state index contributed by atoms with van der Waals surface area (Å²) in [5.41, 5.74) is 2.05. The summed E-state index contributed by atoms with van der Waals surface area (Å²) in [5.74, 6) is 0.811. The van der Waals surface area contributed by atoms with Crippen LogP contribution >= 0.6 is 0 Å². The minimum atomic E-state index is -0.468. The Balaban J connectivity index is 1.58. The molecule has 0 bridgehead atoms. The number of carbonyl (C=O) groups excluding carboxylic acids is 1. The van der Waals surface area contributed by atoms with Crippen LogP contribution in [0, 0.1) is 11.7 Å². The number of aromatic nitrogens is 2. The number of ether oxygens (including phenoxy) is 1. The Morgan fingerprint density at radius 1 is 1.44 bits per heavy atom. The van der Waals surface area contributed by atoms with Crippen LogP contribution in [0.15, 0.2) is 24.4 Å². The van der Waals surface area contributed by atoms with Gasteiger partial charge in [-0.2, -0.15) is 5.10 Å². The Hall–Kier alpha value is -2.37. The fourth-order valence-corrected chi connectivity index (χ4v) is 3.44. The zero-order chi connectivity index (χ0) is 17.6. The molecule has 1 aromatic carbocycles. The van der Waals surface area contributed by atoms with Crippen molar-refractivity contribution < 1.29 is 13.9 Å². The lowest BCUT2D eigenvalue weighted by Crippen LogP contribution is -2.30. The molecule has 4 rings (SSSR count). The summed E-state index contributed by atoms with van der Waals surface area (Å²) >= 11 is 0. The third kappa shape index (κ3) is 3.01. The standard InChI is InChI=1S/C19H22FN3O2/c1-11(2)9-23-18(12-6-7-12)13(8-21-23)19(24)22-15-10-25-16-5-3-4-14(20)17(15)16/h3-5,8,11-12,15H,6-7,9-10H2,1-2H3,(H,22,24)/t15-/m0/s1. The maximum atomic E-state index is 14.1. The van der Waals surface area contributed by atoms with Crippen molar-refractivity contribution in [3.63, 3.8) is 0 Å². The van der Waals surface area contributed by atoms with Crippen LogP contribution in [0.1, 0.15) is 60.3 Å². The molecule has 1 atom stereocenters. The number of nitrogens with zero attached hydrogens (tertiary/aromatic N) is 2. The predicted octanol–water partition coefficient (Wildman–Crippen LogP) is 3.42. The Kier molecular flexibility index (Phi) is 3.98. The second kappa shape index (κ2) is 6.17. The highest BCUT2D eigenvalue weighted by molar-refractivity contribution is 5.95. The number of rotatable bonds is 5. The Bertz CT molecular complexity index is 811. The summed E-state index contributed by atoms with van der Waals surface area (Å²) < 4.78 is 21.6. The molecule has 0 saturated heterocycles. The van der Waals surface area contributed by atoms with E-state index < -0.39 is 6.04 Å². The zero-order valence-electron chi connectivity index (χ0n) is 14.5. The Morgan fingerprint density at radius 3 is 2.96 bits per heavy atom. The molecule has 1 saturated carbocycles. The summed E-state index contributed by atoms with van der Waals surface area (Å²) in [6.07, 6.45) is 3.82.